The lowest BCUT2D eigenvalue weighted by Gasteiger charge is -2.33. The Hall–Kier alpha value is -2.38. The summed E-state index contributed by atoms with van der Waals surface area (Å²) in [5, 5.41) is 0. The molecule has 2 saturated heterocycles. The van der Waals surface area contributed by atoms with Gasteiger partial charge >= 0.3 is 0 Å². The average molecular weight is 456 g/mol. The van der Waals surface area contributed by atoms with Crippen molar-refractivity contribution in [3.63, 3.8) is 0 Å². The van der Waals surface area contributed by atoms with Crippen LogP contribution < -0.4 is 4.90 Å². The normalized spacial score (nSPS) is 17.8. The fourth-order valence-electron chi connectivity index (χ4n) is 4.75. The third-order valence-corrected chi connectivity index (χ3v) is 8.50. The topological polar surface area (TPSA) is 60.9 Å². The minimum absolute atomic E-state index is 0.0548. The van der Waals surface area contributed by atoms with E-state index in [4.69, 9.17) is 0 Å². The highest BCUT2D eigenvalue weighted by Gasteiger charge is 2.29. The number of hydrogen-bond donors (Lipinski definition) is 0. The number of likely N-dealkylation sites (tertiary alicyclic amines) is 1. The number of anilines is 1. The predicted molar refractivity (Wildman–Crippen MR) is 128 cm³/mol. The van der Waals surface area contributed by atoms with Gasteiger partial charge in [0, 0.05) is 46.0 Å². The van der Waals surface area contributed by atoms with Crippen LogP contribution in [0.15, 0.2) is 53.4 Å². The number of carbonyl (C=O) groups is 1. The summed E-state index contributed by atoms with van der Waals surface area (Å²) in [4.78, 5) is 17.9. The SMILES string of the molecule is CN(C)S(=O)(=O)c1ccc(N2CCCC2)c(C(=O)N2CCC(Cc3ccccc3)CC2)c1. The van der Waals surface area contributed by atoms with E-state index in [1.165, 1.54) is 24.0 Å². The number of carbonyl (C=O) groups excluding carboxylic acids is 1. The molecule has 0 aromatic heterocycles. The van der Waals surface area contributed by atoms with Gasteiger partial charge in [-0.3, -0.25) is 4.79 Å². The second kappa shape index (κ2) is 9.63. The Morgan fingerprint density at radius 3 is 2.25 bits per heavy atom. The zero-order chi connectivity index (χ0) is 22.7. The fraction of sp³-hybridized carbons (Fsp3) is 0.480. The van der Waals surface area contributed by atoms with E-state index in [1.807, 2.05) is 17.0 Å². The van der Waals surface area contributed by atoms with E-state index in [2.05, 4.69) is 29.2 Å². The molecule has 0 N–H and O–H groups in total. The van der Waals surface area contributed by atoms with Gasteiger partial charge < -0.3 is 9.80 Å². The van der Waals surface area contributed by atoms with E-state index < -0.39 is 10.0 Å². The Bertz CT molecular complexity index is 1040. The third-order valence-electron chi connectivity index (χ3n) is 6.69. The molecule has 6 nitrogen and oxygen atoms in total. The van der Waals surface area contributed by atoms with Crippen molar-refractivity contribution in [2.75, 3.05) is 45.2 Å². The molecule has 0 radical (unpaired) electrons. The lowest BCUT2D eigenvalue weighted by molar-refractivity contribution is 0.0691. The predicted octanol–water partition coefficient (Wildman–Crippen LogP) is 3.63. The van der Waals surface area contributed by atoms with Crippen molar-refractivity contribution in [3.8, 4) is 0 Å². The second-order valence-corrected chi connectivity index (χ2v) is 11.2. The number of hydrogen-bond acceptors (Lipinski definition) is 4. The Balaban J connectivity index is 1.54. The van der Waals surface area contributed by atoms with Crippen molar-refractivity contribution in [1.82, 2.24) is 9.21 Å². The average Bonchev–Trinajstić information content (AvgIpc) is 3.34. The largest absolute Gasteiger partial charge is 0.371 e. The summed E-state index contributed by atoms with van der Waals surface area (Å²) in [5.74, 6) is 0.515. The molecule has 1 amide bonds. The number of nitrogens with zero attached hydrogens (tertiary/aromatic N) is 3. The van der Waals surface area contributed by atoms with Crippen LogP contribution in [0, 0.1) is 5.92 Å². The highest BCUT2D eigenvalue weighted by atomic mass is 32.2. The summed E-state index contributed by atoms with van der Waals surface area (Å²) >= 11 is 0. The first-order valence-electron chi connectivity index (χ1n) is 11.5. The number of sulfonamides is 1. The summed E-state index contributed by atoms with van der Waals surface area (Å²) in [5.41, 5.74) is 2.71. The Labute approximate surface area is 191 Å². The number of amides is 1. The molecule has 172 valence electrons. The maximum atomic E-state index is 13.6. The zero-order valence-electron chi connectivity index (χ0n) is 19.0. The van der Waals surface area contributed by atoms with Crippen LogP contribution in [0.25, 0.3) is 0 Å². The van der Waals surface area contributed by atoms with E-state index in [-0.39, 0.29) is 10.8 Å². The van der Waals surface area contributed by atoms with E-state index in [1.54, 1.807) is 12.1 Å². The van der Waals surface area contributed by atoms with Crippen LogP contribution in [0.3, 0.4) is 0 Å². The molecule has 2 aromatic carbocycles. The van der Waals surface area contributed by atoms with Gasteiger partial charge in [-0.2, -0.15) is 0 Å². The molecule has 2 aliphatic heterocycles. The third kappa shape index (κ3) is 4.84. The number of piperidine rings is 1. The van der Waals surface area contributed by atoms with Crippen LogP contribution in [0.2, 0.25) is 0 Å². The van der Waals surface area contributed by atoms with E-state index in [9.17, 15) is 13.2 Å². The number of rotatable bonds is 6. The van der Waals surface area contributed by atoms with Gasteiger partial charge in [0.2, 0.25) is 10.0 Å². The van der Waals surface area contributed by atoms with Crippen LogP contribution in [0.4, 0.5) is 5.69 Å². The van der Waals surface area contributed by atoms with Gasteiger partial charge in [0.1, 0.15) is 0 Å². The second-order valence-electron chi connectivity index (χ2n) is 9.09. The van der Waals surface area contributed by atoms with Gasteiger partial charge in [-0.1, -0.05) is 30.3 Å². The minimum Gasteiger partial charge on any atom is -0.371 e. The summed E-state index contributed by atoms with van der Waals surface area (Å²) < 4.78 is 26.6. The van der Waals surface area contributed by atoms with E-state index in [0.717, 1.165) is 50.9 Å². The van der Waals surface area contributed by atoms with Crippen LogP contribution >= 0.6 is 0 Å². The van der Waals surface area contributed by atoms with Crippen LogP contribution in [0.1, 0.15) is 41.6 Å². The molecule has 2 heterocycles. The highest BCUT2D eigenvalue weighted by Crippen LogP contribution is 2.31. The van der Waals surface area contributed by atoms with Gasteiger partial charge in [0.05, 0.1) is 10.5 Å². The summed E-state index contributed by atoms with van der Waals surface area (Å²) in [6.45, 7) is 3.22. The van der Waals surface area contributed by atoms with Crippen molar-refractivity contribution < 1.29 is 13.2 Å². The lowest BCUT2D eigenvalue weighted by atomic mass is 9.90. The molecule has 0 atom stereocenters. The molecular weight excluding hydrogens is 422 g/mol. The Kier molecular flexibility index (Phi) is 6.86. The standard InChI is InChI=1S/C25H33N3O3S/c1-26(2)32(30,31)22-10-11-24(27-14-6-7-15-27)23(19-22)25(29)28-16-12-21(13-17-28)18-20-8-4-3-5-9-20/h3-5,8-11,19,21H,6-7,12-18H2,1-2H3. The first-order chi connectivity index (χ1) is 15.4. The summed E-state index contributed by atoms with van der Waals surface area (Å²) in [6.07, 6.45) is 5.16. The monoisotopic (exact) mass is 455 g/mol. The van der Waals surface area contributed by atoms with E-state index in [0.29, 0.717) is 24.6 Å². The van der Waals surface area contributed by atoms with Crippen molar-refractivity contribution in [3.05, 3.63) is 59.7 Å². The van der Waals surface area contributed by atoms with E-state index >= 15 is 0 Å². The molecule has 0 aliphatic carbocycles. The first kappa shape index (κ1) is 22.8. The maximum Gasteiger partial charge on any atom is 0.256 e. The van der Waals surface area contributed by atoms with Crippen LogP contribution in [0.5, 0.6) is 0 Å². The number of benzene rings is 2. The Morgan fingerprint density at radius 1 is 0.969 bits per heavy atom. The van der Waals surface area contributed by atoms with Gasteiger partial charge in [0.15, 0.2) is 0 Å². The van der Waals surface area contributed by atoms with Crippen LogP contribution in [-0.2, 0) is 16.4 Å². The molecule has 2 fully saturated rings. The molecule has 0 bridgehead atoms. The minimum atomic E-state index is -3.60. The lowest BCUT2D eigenvalue weighted by Crippen LogP contribution is -2.39. The highest BCUT2D eigenvalue weighted by molar-refractivity contribution is 7.89. The summed E-state index contributed by atoms with van der Waals surface area (Å²) in [7, 11) is -0.570. The quantitative estimate of drug-likeness (QED) is 0.667. The van der Waals surface area contributed by atoms with Crippen molar-refractivity contribution in [2.24, 2.45) is 5.92 Å². The smallest absolute Gasteiger partial charge is 0.256 e. The van der Waals surface area contributed by atoms with Crippen LogP contribution in [-0.4, -0.2) is 63.8 Å². The van der Waals surface area contributed by atoms with Gasteiger partial charge in [-0.25, -0.2) is 12.7 Å². The maximum absolute atomic E-state index is 13.6. The molecule has 32 heavy (non-hydrogen) atoms. The fourth-order valence-corrected chi connectivity index (χ4v) is 5.68. The van der Waals surface area contributed by atoms with Gasteiger partial charge in [-0.05, 0) is 61.8 Å². The molecule has 2 aliphatic rings. The molecule has 7 heteroatoms. The zero-order valence-corrected chi connectivity index (χ0v) is 19.9. The van der Waals surface area contributed by atoms with Gasteiger partial charge in [-0.15, -0.1) is 0 Å². The van der Waals surface area contributed by atoms with Crippen molar-refractivity contribution >= 4 is 21.6 Å². The van der Waals surface area contributed by atoms with Crippen molar-refractivity contribution in [2.45, 2.75) is 37.0 Å². The molecular formula is C25H33N3O3S. The van der Waals surface area contributed by atoms with Crippen molar-refractivity contribution in [1.29, 1.82) is 0 Å². The molecule has 0 unspecified atom stereocenters. The summed E-state index contributed by atoms with van der Waals surface area (Å²) in [6, 6.07) is 15.5. The molecule has 0 spiro atoms. The Morgan fingerprint density at radius 2 is 1.62 bits per heavy atom. The molecule has 2 aromatic rings. The molecule has 4 rings (SSSR count). The first-order valence-corrected chi connectivity index (χ1v) is 12.9. The van der Waals surface area contributed by atoms with Gasteiger partial charge in [0.25, 0.3) is 5.91 Å². The molecule has 0 saturated carbocycles.